The Balaban J connectivity index is 1.27. The van der Waals surface area contributed by atoms with Gasteiger partial charge in [-0.05, 0) is 107 Å². The third kappa shape index (κ3) is 6.01. The van der Waals surface area contributed by atoms with Crippen molar-refractivity contribution in [3.8, 4) is 0 Å². The van der Waals surface area contributed by atoms with Gasteiger partial charge in [0.2, 0.25) is 0 Å². The molecule has 1 aliphatic carbocycles. The molecule has 6 nitrogen and oxygen atoms in total. The zero-order chi connectivity index (χ0) is 26.6. The molecule has 9 heteroatoms. The van der Waals surface area contributed by atoms with E-state index in [0.717, 1.165) is 33.1 Å². The van der Waals surface area contributed by atoms with E-state index in [-0.39, 0.29) is 17.0 Å². The molecule has 1 amide bonds. The summed E-state index contributed by atoms with van der Waals surface area (Å²) in [6, 6.07) is 26.0. The summed E-state index contributed by atoms with van der Waals surface area (Å²) in [5, 5.41) is 6.95. The fraction of sp³-hybridized carbons (Fsp3) is 0.138. The molecule has 0 spiro atoms. The molecule has 4 aromatic rings. The van der Waals surface area contributed by atoms with Crippen LogP contribution in [0.5, 0.6) is 0 Å². The summed E-state index contributed by atoms with van der Waals surface area (Å²) in [4.78, 5) is 17.0. The van der Waals surface area contributed by atoms with Crippen LogP contribution in [0.3, 0.4) is 0 Å². The number of carbonyl (C=O) groups excluding carboxylic acids is 1. The highest BCUT2D eigenvalue weighted by molar-refractivity contribution is 14.1. The van der Waals surface area contributed by atoms with Crippen molar-refractivity contribution in [2.45, 2.75) is 25.8 Å². The van der Waals surface area contributed by atoms with Crippen molar-refractivity contribution >= 4 is 68.9 Å². The molecule has 1 unspecified atom stereocenters. The zero-order valence-electron chi connectivity index (χ0n) is 20.4. The van der Waals surface area contributed by atoms with Gasteiger partial charge >= 0.3 is 0 Å². The second kappa shape index (κ2) is 11.6. The normalized spacial score (nSPS) is 13.7. The molecular formula is C29H23ClIN5OS. The van der Waals surface area contributed by atoms with Crippen LogP contribution in [0.4, 0.5) is 11.5 Å². The number of aromatic nitrogens is 1. The molecule has 190 valence electrons. The number of benzene rings is 2. The first-order valence-electron chi connectivity index (χ1n) is 11.9. The molecule has 1 atom stereocenters. The van der Waals surface area contributed by atoms with Gasteiger partial charge in [-0.3, -0.25) is 15.6 Å². The van der Waals surface area contributed by atoms with Gasteiger partial charge in [0, 0.05) is 21.0 Å². The van der Waals surface area contributed by atoms with E-state index in [0.29, 0.717) is 22.2 Å². The lowest BCUT2D eigenvalue weighted by Crippen LogP contribution is -2.41. The van der Waals surface area contributed by atoms with E-state index in [9.17, 15) is 4.79 Å². The van der Waals surface area contributed by atoms with E-state index in [2.05, 4.69) is 85.5 Å². The monoisotopic (exact) mass is 651 g/mol. The fourth-order valence-electron chi connectivity index (χ4n) is 4.40. The van der Waals surface area contributed by atoms with Crippen LogP contribution < -0.4 is 21.5 Å². The Bertz CT molecular complexity index is 1530. The van der Waals surface area contributed by atoms with Gasteiger partial charge in [-0.2, -0.15) is 0 Å². The Labute approximate surface area is 245 Å². The molecule has 0 radical (unpaired) electrons. The molecule has 1 aliphatic rings. The van der Waals surface area contributed by atoms with Gasteiger partial charge in [0.05, 0.1) is 16.6 Å². The number of amides is 1. The number of nitrogens with zero attached hydrogens (tertiary/aromatic N) is 1. The second-order valence-electron chi connectivity index (χ2n) is 8.89. The number of carbonyl (C=O) groups is 1. The molecular weight excluding hydrogens is 629 g/mol. The number of anilines is 2. The first kappa shape index (κ1) is 26.2. The Morgan fingerprint density at radius 1 is 1.08 bits per heavy atom. The van der Waals surface area contributed by atoms with Gasteiger partial charge in [0.1, 0.15) is 0 Å². The maximum absolute atomic E-state index is 12.6. The predicted molar refractivity (Wildman–Crippen MR) is 163 cm³/mol. The van der Waals surface area contributed by atoms with Crippen LogP contribution in [0, 0.1) is 22.6 Å². The minimum absolute atomic E-state index is 0.148. The SMILES string of the molecule is Cc1c#cc2c(c1)C(NC(=S)NNc1ncc(C(=O)Nc3cccc(I)c3)cc1Cl)c1ccccc1CC2. The number of fused-ring (bicyclic) bond motifs is 2. The summed E-state index contributed by atoms with van der Waals surface area (Å²) in [6.07, 6.45) is 3.28. The molecule has 38 heavy (non-hydrogen) atoms. The zero-order valence-corrected chi connectivity index (χ0v) is 24.1. The quantitative estimate of drug-likeness (QED) is 0.117. The van der Waals surface area contributed by atoms with Gasteiger partial charge in [0.15, 0.2) is 10.9 Å². The van der Waals surface area contributed by atoms with E-state index in [4.69, 9.17) is 23.8 Å². The second-order valence-corrected chi connectivity index (χ2v) is 10.9. The van der Waals surface area contributed by atoms with E-state index in [1.165, 1.54) is 17.3 Å². The summed E-state index contributed by atoms with van der Waals surface area (Å²) in [5.74, 6) is 0.0511. The molecule has 5 rings (SSSR count). The summed E-state index contributed by atoms with van der Waals surface area (Å²) >= 11 is 14.3. The average molecular weight is 652 g/mol. The lowest BCUT2D eigenvalue weighted by atomic mass is 9.94. The van der Waals surface area contributed by atoms with Crippen LogP contribution in [0.25, 0.3) is 0 Å². The first-order valence-corrected chi connectivity index (χ1v) is 13.8. The van der Waals surface area contributed by atoms with Crippen LogP contribution in [0.15, 0.2) is 66.9 Å². The maximum atomic E-state index is 12.6. The van der Waals surface area contributed by atoms with Crippen molar-refractivity contribution in [1.82, 2.24) is 15.7 Å². The lowest BCUT2D eigenvalue weighted by molar-refractivity contribution is 0.102. The smallest absolute Gasteiger partial charge is 0.257 e. The van der Waals surface area contributed by atoms with Crippen LogP contribution in [-0.4, -0.2) is 16.0 Å². The molecule has 4 N–H and O–H groups in total. The number of aryl methyl sites for hydroxylation is 2. The summed E-state index contributed by atoms with van der Waals surface area (Å²) in [6.45, 7) is 2.01. The lowest BCUT2D eigenvalue weighted by Gasteiger charge is -2.23. The van der Waals surface area contributed by atoms with Gasteiger partial charge in [-0.15, -0.1) is 0 Å². The van der Waals surface area contributed by atoms with Gasteiger partial charge in [-0.25, -0.2) is 4.98 Å². The highest BCUT2D eigenvalue weighted by Gasteiger charge is 2.24. The van der Waals surface area contributed by atoms with E-state index in [1.54, 1.807) is 6.07 Å². The minimum atomic E-state index is -0.298. The summed E-state index contributed by atoms with van der Waals surface area (Å²) < 4.78 is 1.02. The third-order valence-electron chi connectivity index (χ3n) is 6.21. The van der Waals surface area contributed by atoms with E-state index in [1.807, 2.05) is 37.3 Å². The van der Waals surface area contributed by atoms with Crippen molar-refractivity contribution in [3.63, 3.8) is 0 Å². The Morgan fingerprint density at radius 3 is 2.74 bits per heavy atom. The van der Waals surface area contributed by atoms with Crippen LogP contribution in [-0.2, 0) is 12.8 Å². The standard InChI is InChI=1S/C29H23ClIN5OS/c1-17-9-10-19-12-11-18-5-2-3-8-23(18)26(24(19)13-17)34-29(38)36-35-27-25(30)14-20(16-32-27)28(37)33-22-7-4-6-21(31)15-22/h2-8,13-16,26H,11-12H2,1H3,(H,32,35)(H,33,37)(H2,34,36,38). The van der Waals surface area contributed by atoms with Crippen molar-refractivity contribution in [2.75, 3.05) is 10.7 Å². The maximum Gasteiger partial charge on any atom is 0.257 e. The third-order valence-corrected chi connectivity index (χ3v) is 7.39. The molecule has 1 aromatic heterocycles. The van der Waals surface area contributed by atoms with Crippen molar-refractivity contribution in [1.29, 1.82) is 0 Å². The number of pyridine rings is 1. The molecule has 0 saturated heterocycles. The summed E-state index contributed by atoms with van der Waals surface area (Å²) in [5.41, 5.74) is 12.7. The highest BCUT2D eigenvalue weighted by atomic mass is 127. The van der Waals surface area contributed by atoms with E-state index < -0.39 is 0 Å². The Hall–Kier alpha value is -3.39. The van der Waals surface area contributed by atoms with Crippen LogP contribution in [0.1, 0.15) is 44.2 Å². The number of hydrogen-bond acceptors (Lipinski definition) is 4. The molecule has 0 fully saturated rings. The van der Waals surface area contributed by atoms with E-state index >= 15 is 0 Å². The highest BCUT2D eigenvalue weighted by Crippen LogP contribution is 2.32. The molecule has 1 heterocycles. The fourth-order valence-corrected chi connectivity index (χ4v) is 5.33. The molecule has 0 saturated carbocycles. The molecule has 0 aliphatic heterocycles. The number of nitrogens with one attached hydrogen (secondary N) is 4. The van der Waals surface area contributed by atoms with Crippen LogP contribution in [0.2, 0.25) is 5.02 Å². The number of hydrazine groups is 1. The number of rotatable bonds is 5. The molecule has 3 aromatic carbocycles. The minimum Gasteiger partial charge on any atom is -0.350 e. The van der Waals surface area contributed by atoms with Gasteiger partial charge in [-0.1, -0.05) is 54.1 Å². The largest absolute Gasteiger partial charge is 0.350 e. The van der Waals surface area contributed by atoms with Gasteiger partial charge < -0.3 is 10.6 Å². The Kier molecular flexibility index (Phi) is 7.98. The Morgan fingerprint density at radius 2 is 1.92 bits per heavy atom. The number of thiocarbonyl (C=S) groups is 1. The van der Waals surface area contributed by atoms with Crippen molar-refractivity contribution in [2.24, 2.45) is 0 Å². The summed E-state index contributed by atoms with van der Waals surface area (Å²) in [7, 11) is 0. The number of hydrogen-bond donors (Lipinski definition) is 4. The predicted octanol–water partition coefficient (Wildman–Crippen LogP) is 6.18. The topological polar surface area (TPSA) is 78.1 Å². The van der Waals surface area contributed by atoms with Crippen LogP contribution >= 0.6 is 46.4 Å². The van der Waals surface area contributed by atoms with Crippen molar-refractivity contribution < 1.29 is 4.79 Å². The molecule has 0 bridgehead atoms. The first-order chi connectivity index (χ1) is 18.4. The van der Waals surface area contributed by atoms with Gasteiger partial charge in [0.25, 0.3) is 5.91 Å². The van der Waals surface area contributed by atoms with Crippen molar-refractivity contribution in [3.05, 3.63) is 121 Å². The average Bonchev–Trinajstić information content (AvgIpc) is 3.05. The number of halogens is 2.